The van der Waals surface area contributed by atoms with E-state index >= 15 is 0 Å². The maximum atomic E-state index is 12.8. The minimum atomic E-state index is -4.72. The molecule has 0 atom stereocenters. The summed E-state index contributed by atoms with van der Waals surface area (Å²) in [5.41, 5.74) is -1.16. The number of benzene rings is 1. The molecule has 2 nitrogen and oxygen atoms in total. The molecule has 102 valence electrons. The fraction of sp³-hybridized carbons (Fsp3) is 0.400. The Labute approximate surface area is 116 Å². The second-order valence-corrected chi connectivity index (χ2v) is 6.87. The standard InChI is InChI=1S/C10H9BrClF3O2S/c11-7-2-3-9(8(6-7)10(13,14)15)18(16,17)5-1-4-12/h2-3,6H,1,4-5H2. The van der Waals surface area contributed by atoms with Crippen molar-refractivity contribution < 1.29 is 21.6 Å². The van der Waals surface area contributed by atoms with Gasteiger partial charge in [-0.15, -0.1) is 11.6 Å². The smallest absolute Gasteiger partial charge is 0.224 e. The molecule has 0 aliphatic heterocycles. The third kappa shape index (κ3) is 3.86. The van der Waals surface area contributed by atoms with Gasteiger partial charge in [-0.1, -0.05) is 15.9 Å². The summed E-state index contributed by atoms with van der Waals surface area (Å²) in [4.78, 5) is -0.705. The molecule has 0 N–H and O–H groups in total. The molecule has 0 saturated heterocycles. The van der Waals surface area contributed by atoms with Gasteiger partial charge in [0.1, 0.15) is 0 Å². The minimum Gasteiger partial charge on any atom is -0.224 e. The molecule has 0 aliphatic carbocycles. The van der Waals surface area contributed by atoms with Crippen LogP contribution in [-0.4, -0.2) is 20.1 Å². The maximum Gasteiger partial charge on any atom is 0.417 e. The average molecular weight is 366 g/mol. The molecule has 0 bridgehead atoms. The molecule has 0 aromatic heterocycles. The van der Waals surface area contributed by atoms with E-state index in [4.69, 9.17) is 11.6 Å². The highest BCUT2D eigenvalue weighted by Gasteiger charge is 2.37. The van der Waals surface area contributed by atoms with Gasteiger partial charge in [-0.25, -0.2) is 8.42 Å². The molecule has 0 radical (unpaired) electrons. The van der Waals surface area contributed by atoms with Crippen molar-refractivity contribution in [3.05, 3.63) is 28.2 Å². The van der Waals surface area contributed by atoms with Crippen LogP contribution >= 0.6 is 27.5 Å². The van der Waals surface area contributed by atoms with E-state index in [9.17, 15) is 21.6 Å². The molecule has 1 aromatic rings. The number of alkyl halides is 4. The highest BCUT2D eigenvalue weighted by Crippen LogP contribution is 2.36. The Hall–Kier alpha value is -0.270. The summed E-state index contributed by atoms with van der Waals surface area (Å²) in [7, 11) is -3.98. The third-order valence-electron chi connectivity index (χ3n) is 2.13. The molecule has 0 amide bonds. The first kappa shape index (κ1) is 15.8. The molecule has 0 spiro atoms. The monoisotopic (exact) mass is 364 g/mol. The van der Waals surface area contributed by atoms with Crippen LogP contribution in [0, 0.1) is 0 Å². The molecule has 0 heterocycles. The predicted octanol–water partition coefficient (Wildman–Crippen LogP) is 3.87. The summed E-state index contributed by atoms with van der Waals surface area (Å²) in [6.45, 7) is 0. The van der Waals surface area contributed by atoms with Crippen LogP contribution < -0.4 is 0 Å². The number of hydrogen-bond acceptors (Lipinski definition) is 2. The number of sulfone groups is 1. The van der Waals surface area contributed by atoms with Crippen LogP contribution in [0.3, 0.4) is 0 Å². The van der Waals surface area contributed by atoms with Crippen LogP contribution in [0.5, 0.6) is 0 Å². The molecular formula is C10H9BrClF3O2S. The second-order valence-electron chi connectivity index (χ2n) is 3.50. The zero-order chi connectivity index (χ0) is 14.0. The Morgan fingerprint density at radius 1 is 1.28 bits per heavy atom. The van der Waals surface area contributed by atoms with Gasteiger partial charge in [0.25, 0.3) is 0 Å². The fourth-order valence-corrected chi connectivity index (χ4v) is 3.53. The summed E-state index contributed by atoms with van der Waals surface area (Å²) >= 11 is 8.25. The van der Waals surface area contributed by atoms with Crippen molar-refractivity contribution >= 4 is 37.4 Å². The third-order valence-corrected chi connectivity index (χ3v) is 4.74. The summed E-state index contributed by atoms with van der Waals surface area (Å²) in [6, 6.07) is 2.98. The van der Waals surface area contributed by atoms with Crippen molar-refractivity contribution in [2.75, 3.05) is 11.6 Å². The molecule has 0 unspecified atom stereocenters. The molecule has 0 saturated carbocycles. The Morgan fingerprint density at radius 3 is 2.39 bits per heavy atom. The van der Waals surface area contributed by atoms with Crippen molar-refractivity contribution in [2.45, 2.75) is 17.5 Å². The topological polar surface area (TPSA) is 34.1 Å². The van der Waals surface area contributed by atoms with Crippen LogP contribution in [0.25, 0.3) is 0 Å². The largest absolute Gasteiger partial charge is 0.417 e. The minimum absolute atomic E-state index is 0.0805. The first-order valence-electron chi connectivity index (χ1n) is 4.84. The van der Waals surface area contributed by atoms with Gasteiger partial charge in [-0.05, 0) is 24.6 Å². The highest BCUT2D eigenvalue weighted by atomic mass is 79.9. The Bertz CT molecular complexity index is 528. The van der Waals surface area contributed by atoms with Crippen molar-refractivity contribution in [1.82, 2.24) is 0 Å². The van der Waals surface area contributed by atoms with Crippen molar-refractivity contribution in [1.29, 1.82) is 0 Å². The normalized spacial score (nSPS) is 12.7. The summed E-state index contributed by atoms with van der Waals surface area (Å²) in [5, 5.41) is 0. The quantitative estimate of drug-likeness (QED) is 0.759. The lowest BCUT2D eigenvalue weighted by Gasteiger charge is -2.13. The first-order chi connectivity index (χ1) is 8.18. The van der Waals surface area contributed by atoms with E-state index in [0.29, 0.717) is 0 Å². The van der Waals surface area contributed by atoms with E-state index in [1.165, 1.54) is 6.07 Å². The molecule has 1 aromatic carbocycles. The molecule has 1 rings (SSSR count). The van der Waals surface area contributed by atoms with E-state index in [1.807, 2.05) is 0 Å². The van der Waals surface area contributed by atoms with Crippen LogP contribution in [0.2, 0.25) is 0 Å². The van der Waals surface area contributed by atoms with Crippen LogP contribution in [0.4, 0.5) is 13.2 Å². The predicted molar refractivity (Wildman–Crippen MR) is 66.5 cm³/mol. The Morgan fingerprint density at radius 2 is 1.89 bits per heavy atom. The van der Waals surface area contributed by atoms with Crippen LogP contribution in [-0.2, 0) is 16.0 Å². The molecule has 0 aliphatic rings. The first-order valence-corrected chi connectivity index (χ1v) is 7.82. The Kier molecular flexibility index (Phi) is 5.08. The summed E-state index contributed by atoms with van der Waals surface area (Å²) in [6.07, 6.45) is -4.61. The lowest BCUT2D eigenvalue weighted by molar-refractivity contribution is -0.139. The fourth-order valence-electron chi connectivity index (χ4n) is 1.35. The summed E-state index contributed by atoms with van der Waals surface area (Å²) < 4.78 is 62.1. The SMILES string of the molecule is O=S(=O)(CCCCl)c1ccc(Br)cc1C(F)(F)F. The van der Waals surface area contributed by atoms with Crippen LogP contribution in [0.1, 0.15) is 12.0 Å². The van der Waals surface area contributed by atoms with Gasteiger partial charge in [0, 0.05) is 10.4 Å². The zero-order valence-electron chi connectivity index (χ0n) is 8.97. The lowest BCUT2D eigenvalue weighted by atomic mass is 10.2. The summed E-state index contributed by atoms with van der Waals surface area (Å²) in [5.74, 6) is -0.321. The Balaban J connectivity index is 3.33. The van der Waals surface area contributed by atoms with Gasteiger partial charge < -0.3 is 0 Å². The van der Waals surface area contributed by atoms with E-state index in [0.717, 1.165) is 12.1 Å². The second kappa shape index (κ2) is 5.79. The lowest BCUT2D eigenvalue weighted by Crippen LogP contribution is -2.15. The molecule has 8 heteroatoms. The number of hydrogen-bond donors (Lipinski definition) is 0. The van der Waals surface area contributed by atoms with Gasteiger partial charge in [-0.2, -0.15) is 13.2 Å². The number of halogens is 5. The van der Waals surface area contributed by atoms with Gasteiger partial charge in [0.15, 0.2) is 9.84 Å². The van der Waals surface area contributed by atoms with Crippen molar-refractivity contribution in [2.24, 2.45) is 0 Å². The highest BCUT2D eigenvalue weighted by molar-refractivity contribution is 9.10. The molecule has 0 fully saturated rings. The van der Waals surface area contributed by atoms with E-state index in [2.05, 4.69) is 15.9 Å². The van der Waals surface area contributed by atoms with Crippen molar-refractivity contribution in [3.8, 4) is 0 Å². The van der Waals surface area contributed by atoms with Gasteiger partial charge in [-0.3, -0.25) is 0 Å². The van der Waals surface area contributed by atoms with Crippen LogP contribution in [0.15, 0.2) is 27.6 Å². The van der Waals surface area contributed by atoms with E-state index in [-0.39, 0.29) is 16.8 Å². The van der Waals surface area contributed by atoms with Crippen molar-refractivity contribution in [3.63, 3.8) is 0 Å². The van der Waals surface area contributed by atoms with Gasteiger partial charge >= 0.3 is 6.18 Å². The average Bonchev–Trinajstić information content (AvgIpc) is 2.25. The molecular weight excluding hydrogens is 357 g/mol. The van der Waals surface area contributed by atoms with Gasteiger partial charge in [0.2, 0.25) is 0 Å². The zero-order valence-corrected chi connectivity index (χ0v) is 12.1. The molecule has 18 heavy (non-hydrogen) atoms. The maximum absolute atomic E-state index is 12.8. The van der Waals surface area contributed by atoms with Gasteiger partial charge in [0.05, 0.1) is 16.2 Å². The number of rotatable bonds is 4. The van der Waals surface area contributed by atoms with E-state index in [1.54, 1.807) is 0 Å². The van der Waals surface area contributed by atoms with E-state index < -0.39 is 32.2 Å².